The lowest BCUT2D eigenvalue weighted by atomic mass is 10.1. The fourth-order valence-corrected chi connectivity index (χ4v) is 2.93. The Morgan fingerprint density at radius 1 is 1.43 bits per heavy atom. The average Bonchev–Trinajstić information content (AvgIpc) is 2.85. The Morgan fingerprint density at radius 2 is 2.22 bits per heavy atom. The minimum Gasteiger partial charge on any atom is -0.352 e. The predicted octanol–water partition coefficient (Wildman–Crippen LogP) is 2.87. The van der Waals surface area contributed by atoms with Crippen LogP contribution < -0.4 is 5.32 Å². The van der Waals surface area contributed by atoms with Gasteiger partial charge in [0, 0.05) is 44.1 Å². The molecular formula is C17H20BrN5. The molecule has 0 fully saturated rings. The molecule has 1 aromatic heterocycles. The van der Waals surface area contributed by atoms with E-state index in [2.05, 4.69) is 47.8 Å². The molecule has 0 aliphatic heterocycles. The second-order valence-corrected chi connectivity index (χ2v) is 6.25. The fourth-order valence-electron chi connectivity index (χ4n) is 2.36. The average molecular weight is 374 g/mol. The van der Waals surface area contributed by atoms with Crippen LogP contribution in [0.5, 0.6) is 0 Å². The molecule has 1 aromatic carbocycles. The van der Waals surface area contributed by atoms with Crippen molar-refractivity contribution in [1.82, 2.24) is 14.8 Å². The van der Waals surface area contributed by atoms with Gasteiger partial charge in [-0.05, 0) is 39.7 Å². The highest BCUT2D eigenvalue weighted by molar-refractivity contribution is 9.10. The van der Waals surface area contributed by atoms with Gasteiger partial charge in [0.05, 0.1) is 18.2 Å². The molecule has 0 spiro atoms. The molecule has 0 radical (unpaired) electrons. The van der Waals surface area contributed by atoms with E-state index in [1.807, 2.05) is 38.5 Å². The number of aromatic nitrogens is 1. The molecule has 0 amide bonds. The van der Waals surface area contributed by atoms with Gasteiger partial charge in [0.25, 0.3) is 0 Å². The van der Waals surface area contributed by atoms with Crippen LogP contribution in [0.2, 0.25) is 0 Å². The first-order valence-electron chi connectivity index (χ1n) is 7.25. The number of nitrogens with zero attached hydrogens (tertiary/aromatic N) is 4. The van der Waals surface area contributed by atoms with E-state index in [-0.39, 0.29) is 0 Å². The molecule has 5 nitrogen and oxygen atoms in total. The van der Waals surface area contributed by atoms with Gasteiger partial charge in [0.1, 0.15) is 0 Å². The maximum Gasteiger partial charge on any atom is 0.194 e. The third kappa shape index (κ3) is 4.60. The fraction of sp³-hybridized carbons (Fsp3) is 0.294. The lowest BCUT2D eigenvalue weighted by Gasteiger charge is -2.22. The van der Waals surface area contributed by atoms with E-state index in [0.29, 0.717) is 12.1 Å². The third-order valence-corrected chi connectivity index (χ3v) is 3.99. The Hall–Kier alpha value is -2.26. The van der Waals surface area contributed by atoms with Crippen molar-refractivity contribution in [2.24, 2.45) is 12.0 Å². The van der Waals surface area contributed by atoms with E-state index in [1.165, 1.54) is 5.69 Å². The Balaban J connectivity index is 1.99. The quantitative estimate of drug-likeness (QED) is 0.662. The van der Waals surface area contributed by atoms with Crippen molar-refractivity contribution in [3.63, 3.8) is 0 Å². The number of benzene rings is 1. The summed E-state index contributed by atoms with van der Waals surface area (Å²) in [6, 6.07) is 11.8. The van der Waals surface area contributed by atoms with Crippen LogP contribution in [0.15, 0.2) is 46.0 Å². The van der Waals surface area contributed by atoms with Gasteiger partial charge in [-0.2, -0.15) is 5.26 Å². The second kappa shape index (κ2) is 7.84. The van der Waals surface area contributed by atoms with Crippen LogP contribution in [0.3, 0.4) is 0 Å². The molecule has 1 N–H and O–H groups in total. The molecule has 0 aliphatic rings. The summed E-state index contributed by atoms with van der Waals surface area (Å²) in [5, 5.41) is 12.3. The number of rotatable bonds is 4. The third-order valence-electron chi connectivity index (χ3n) is 3.55. The van der Waals surface area contributed by atoms with Gasteiger partial charge >= 0.3 is 0 Å². The van der Waals surface area contributed by atoms with Crippen molar-refractivity contribution in [1.29, 1.82) is 5.26 Å². The molecule has 23 heavy (non-hydrogen) atoms. The van der Waals surface area contributed by atoms with E-state index < -0.39 is 0 Å². The summed E-state index contributed by atoms with van der Waals surface area (Å²) in [6.45, 7) is 1.38. The van der Waals surface area contributed by atoms with Crippen molar-refractivity contribution in [2.75, 3.05) is 14.1 Å². The van der Waals surface area contributed by atoms with Gasteiger partial charge in [-0.15, -0.1) is 0 Å². The SMILES string of the molecule is CN=C(NCc1cccc(C#N)c1)N(C)Cc1cc(Br)cn1C. The molecular weight excluding hydrogens is 354 g/mol. The monoisotopic (exact) mass is 373 g/mol. The van der Waals surface area contributed by atoms with Gasteiger partial charge in [-0.25, -0.2) is 0 Å². The minimum absolute atomic E-state index is 0.628. The van der Waals surface area contributed by atoms with Crippen molar-refractivity contribution in [3.8, 4) is 6.07 Å². The van der Waals surface area contributed by atoms with Crippen molar-refractivity contribution in [2.45, 2.75) is 13.1 Å². The van der Waals surface area contributed by atoms with Gasteiger partial charge in [-0.3, -0.25) is 4.99 Å². The van der Waals surface area contributed by atoms with Crippen molar-refractivity contribution >= 4 is 21.9 Å². The number of halogens is 1. The zero-order valence-electron chi connectivity index (χ0n) is 13.5. The van der Waals surface area contributed by atoms with Crippen molar-refractivity contribution in [3.05, 3.63) is 57.8 Å². The maximum absolute atomic E-state index is 8.96. The lowest BCUT2D eigenvalue weighted by Crippen LogP contribution is -2.38. The number of aliphatic imine (C=N–C) groups is 1. The Bertz CT molecular complexity index is 742. The summed E-state index contributed by atoms with van der Waals surface area (Å²) >= 11 is 3.49. The molecule has 2 rings (SSSR count). The van der Waals surface area contributed by atoms with Crippen LogP contribution in [-0.4, -0.2) is 29.5 Å². The first-order valence-corrected chi connectivity index (χ1v) is 8.04. The topological polar surface area (TPSA) is 56.4 Å². The molecule has 120 valence electrons. The summed E-state index contributed by atoms with van der Waals surface area (Å²) in [5.74, 6) is 0.810. The summed E-state index contributed by atoms with van der Waals surface area (Å²) < 4.78 is 3.16. The number of guanidine groups is 1. The number of nitriles is 1. The maximum atomic E-state index is 8.96. The van der Waals surface area contributed by atoms with Crippen LogP contribution in [0, 0.1) is 11.3 Å². The van der Waals surface area contributed by atoms with Crippen LogP contribution in [0.1, 0.15) is 16.8 Å². The normalized spacial score (nSPS) is 11.2. The van der Waals surface area contributed by atoms with Crippen molar-refractivity contribution < 1.29 is 0 Å². The molecule has 0 aliphatic carbocycles. The lowest BCUT2D eigenvalue weighted by molar-refractivity contribution is 0.461. The molecule has 0 bridgehead atoms. The van der Waals surface area contributed by atoms with E-state index in [9.17, 15) is 0 Å². The standard InChI is InChI=1S/C17H20BrN5/c1-20-17(21-10-14-6-4-5-13(7-14)9-19)23(3)12-16-8-15(18)11-22(16)2/h4-8,11H,10,12H2,1-3H3,(H,20,21). The zero-order valence-corrected chi connectivity index (χ0v) is 15.1. The van der Waals surface area contributed by atoms with Gasteiger partial charge in [0.2, 0.25) is 0 Å². The molecule has 0 unspecified atom stereocenters. The van der Waals surface area contributed by atoms with Crippen LogP contribution in [-0.2, 0) is 20.1 Å². The highest BCUT2D eigenvalue weighted by Crippen LogP contribution is 2.15. The first-order chi connectivity index (χ1) is 11.0. The van der Waals surface area contributed by atoms with Crippen LogP contribution in [0.4, 0.5) is 0 Å². The molecule has 6 heteroatoms. The largest absolute Gasteiger partial charge is 0.352 e. The van der Waals surface area contributed by atoms with E-state index in [1.54, 1.807) is 13.1 Å². The number of aryl methyl sites for hydroxylation is 1. The smallest absolute Gasteiger partial charge is 0.194 e. The summed E-state index contributed by atoms with van der Waals surface area (Å²) in [6.07, 6.45) is 2.03. The van der Waals surface area contributed by atoms with E-state index in [0.717, 1.165) is 22.5 Å². The van der Waals surface area contributed by atoms with Gasteiger partial charge in [-0.1, -0.05) is 12.1 Å². The molecule has 0 saturated heterocycles. The number of hydrogen-bond acceptors (Lipinski definition) is 2. The summed E-state index contributed by atoms with van der Waals surface area (Å²) in [4.78, 5) is 6.39. The minimum atomic E-state index is 0.628. The molecule has 2 aromatic rings. The zero-order chi connectivity index (χ0) is 16.8. The van der Waals surface area contributed by atoms with E-state index in [4.69, 9.17) is 5.26 Å². The Morgan fingerprint density at radius 3 is 2.83 bits per heavy atom. The number of nitrogens with one attached hydrogen (secondary N) is 1. The summed E-state index contributed by atoms with van der Waals surface area (Å²) in [5.41, 5.74) is 2.91. The molecule has 1 heterocycles. The predicted molar refractivity (Wildman–Crippen MR) is 95.9 cm³/mol. The molecule has 0 atom stereocenters. The highest BCUT2D eigenvalue weighted by atomic mass is 79.9. The highest BCUT2D eigenvalue weighted by Gasteiger charge is 2.09. The van der Waals surface area contributed by atoms with Gasteiger partial charge < -0.3 is 14.8 Å². The van der Waals surface area contributed by atoms with E-state index >= 15 is 0 Å². The van der Waals surface area contributed by atoms with Crippen LogP contribution in [0.25, 0.3) is 0 Å². The Kier molecular flexibility index (Phi) is 5.83. The first kappa shape index (κ1) is 17.1. The Labute approximate surface area is 145 Å². The summed E-state index contributed by atoms with van der Waals surface area (Å²) in [7, 11) is 5.80. The van der Waals surface area contributed by atoms with Gasteiger partial charge in [0.15, 0.2) is 5.96 Å². The molecule has 0 saturated carbocycles. The number of hydrogen-bond donors (Lipinski definition) is 1. The second-order valence-electron chi connectivity index (χ2n) is 5.33. The van der Waals surface area contributed by atoms with Crippen LogP contribution >= 0.6 is 15.9 Å².